The molecule has 1 amide bonds. The van der Waals surface area contributed by atoms with Gasteiger partial charge in [-0.05, 0) is 37.1 Å². The Kier molecular flexibility index (Phi) is 5.82. The minimum Gasteiger partial charge on any atom is -0.588 e. The molecular formula is C20H16F4N4O3S. The largest absolute Gasteiger partial charge is 0.588 e. The molecule has 0 bridgehead atoms. The van der Waals surface area contributed by atoms with Crippen LogP contribution in [0, 0.1) is 11.4 Å². The molecule has 1 aromatic carbocycles. The molecule has 168 valence electrons. The maximum atomic E-state index is 14.4. The van der Waals surface area contributed by atoms with E-state index in [-0.39, 0.29) is 24.5 Å². The number of hydrogen-bond donors (Lipinski definition) is 1. The van der Waals surface area contributed by atoms with Crippen molar-refractivity contribution in [2.75, 3.05) is 6.61 Å². The van der Waals surface area contributed by atoms with Gasteiger partial charge in [0.05, 0.1) is 5.56 Å². The Morgan fingerprint density at radius 2 is 1.91 bits per heavy atom. The lowest BCUT2D eigenvalue weighted by molar-refractivity contribution is -0.194. The highest BCUT2D eigenvalue weighted by Gasteiger charge is 2.64. The van der Waals surface area contributed by atoms with Gasteiger partial charge in [0.15, 0.2) is 10.7 Å². The molecule has 0 aliphatic heterocycles. The third-order valence-corrected chi connectivity index (χ3v) is 6.04. The Morgan fingerprint density at radius 1 is 1.19 bits per heavy atom. The Hall–Kier alpha value is -3.12. The topological polar surface area (TPSA) is 92.1 Å². The third-order valence-electron chi connectivity index (χ3n) is 4.97. The van der Waals surface area contributed by atoms with Crippen molar-refractivity contribution in [2.45, 2.75) is 23.9 Å². The lowest BCUT2D eigenvalue weighted by Crippen LogP contribution is -2.31. The Labute approximate surface area is 182 Å². The van der Waals surface area contributed by atoms with Crippen LogP contribution in [0.5, 0.6) is 5.88 Å². The summed E-state index contributed by atoms with van der Waals surface area (Å²) < 4.78 is 74.0. The number of nitrogens with one attached hydrogen (secondary N) is 1. The van der Waals surface area contributed by atoms with Gasteiger partial charge in [0, 0.05) is 12.3 Å². The smallest absolute Gasteiger partial charge is 0.397 e. The van der Waals surface area contributed by atoms with Gasteiger partial charge < -0.3 is 9.29 Å². The molecule has 1 fully saturated rings. The summed E-state index contributed by atoms with van der Waals surface area (Å²) >= 11 is -1.88. The molecule has 12 heteroatoms. The highest BCUT2D eigenvalue weighted by atomic mass is 32.2. The first-order valence-corrected chi connectivity index (χ1v) is 10.5. The zero-order chi connectivity index (χ0) is 22.9. The molecule has 0 radical (unpaired) electrons. The molecule has 1 aliphatic rings. The SMILES string of the molecule is O=C(N[S@+]([O-])c1ccccc1)c1ccc(-n2ccc(OCC3(C(F)(F)F)CC3)n2)nc1F. The van der Waals surface area contributed by atoms with Crippen molar-refractivity contribution in [1.29, 1.82) is 0 Å². The van der Waals surface area contributed by atoms with Crippen LogP contribution in [-0.4, -0.2) is 38.0 Å². The fraction of sp³-hybridized carbons (Fsp3) is 0.250. The second kappa shape index (κ2) is 8.43. The van der Waals surface area contributed by atoms with Crippen LogP contribution in [0.25, 0.3) is 5.82 Å². The predicted molar refractivity (Wildman–Crippen MR) is 105 cm³/mol. The summed E-state index contributed by atoms with van der Waals surface area (Å²) in [6.45, 7) is -0.549. The van der Waals surface area contributed by atoms with Crippen molar-refractivity contribution in [1.82, 2.24) is 19.5 Å². The van der Waals surface area contributed by atoms with Crippen LogP contribution in [0.2, 0.25) is 0 Å². The first kappa shape index (κ1) is 22.1. The normalized spacial score (nSPS) is 15.8. The second-order valence-corrected chi connectivity index (χ2v) is 8.40. The van der Waals surface area contributed by atoms with Crippen molar-refractivity contribution >= 4 is 17.3 Å². The van der Waals surface area contributed by atoms with E-state index in [0.717, 1.165) is 10.7 Å². The van der Waals surface area contributed by atoms with Crippen LogP contribution in [0.1, 0.15) is 23.2 Å². The average molecular weight is 468 g/mol. The molecule has 0 saturated heterocycles. The third kappa shape index (κ3) is 4.55. The molecule has 2 heterocycles. The van der Waals surface area contributed by atoms with E-state index in [0.29, 0.717) is 4.90 Å². The first-order valence-electron chi connectivity index (χ1n) is 9.38. The maximum absolute atomic E-state index is 14.4. The van der Waals surface area contributed by atoms with Crippen molar-refractivity contribution < 1.29 is 31.6 Å². The molecule has 3 aromatic rings. The average Bonchev–Trinajstić information content (AvgIpc) is 3.43. The lowest BCUT2D eigenvalue weighted by Gasteiger charge is -2.18. The van der Waals surface area contributed by atoms with Crippen LogP contribution in [-0.2, 0) is 11.4 Å². The summed E-state index contributed by atoms with van der Waals surface area (Å²) in [6.07, 6.45) is -3.00. The Balaban J connectivity index is 1.42. The zero-order valence-corrected chi connectivity index (χ0v) is 17.1. The summed E-state index contributed by atoms with van der Waals surface area (Å²) in [7, 11) is 0. The van der Waals surface area contributed by atoms with Gasteiger partial charge in [0.2, 0.25) is 11.8 Å². The molecule has 1 aliphatic carbocycles. The number of benzene rings is 1. The Bertz CT molecular complexity index is 1120. The van der Waals surface area contributed by atoms with Crippen LogP contribution < -0.4 is 9.46 Å². The minimum absolute atomic E-state index is 0.00254. The van der Waals surface area contributed by atoms with Crippen molar-refractivity contribution in [2.24, 2.45) is 5.41 Å². The molecule has 7 nitrogen and oxygen atoms in total. The first-order chi connectivity index (χ1) is 15.2. The minimum atomic E-state index is -4.35. The van der Waals surface area contributed by atoms with Gasteiger partial charge in [-0.25, -0.2) is 4.68 Å². The van der Waals surface area contributed by atoms with Gasteiger partial charge >= 0.3 is 6.18 Å². The summed E-state index contributed by atoms with van der Waals surface area (Å²) in [5.74, 6) is -2.13. The van der Waals surface area contributed by atoms with E-state index in [1.165, 1.54) is 18.3 Å². The van der Waals surface area contributed by atoms with Gasteiger partial charge in [-0.15, -0.1) is 5.10 Å². The fourth-order valence-electron chi connectivity index (χ4n) is 2.85. The van der Waals surface area contributed by atoms with Gasteiger partial charge in [-0.1, -0.05) is 18.2 Å². The highest BCUT2D eigenvalue weighted by Crippen LogP contribution is 2.57. The summed E-state index contributed by atoms with van der Waals surface area (Å²) in [5.41, 5.74) is -2.27. The van der Waals surface area contributed by atoms with E-state index in [2.05, 4.69) is 14.8 Å². The molecule has 0 spiro atoms. The number of aromatic nitrogens is 3. The van der Waals surface area contributed by atoms with Crippen LogP contribution in [0.4, 0.5) is 17.6 Å². The second-order valence-electron chi connectivity index (χ2n) is 7.19. The molecule has 32 heavy (non-hydrogen) atoms. The van der Waals surface area contributed by atoms with E-state index >= 15 is 0 Å². The number of alkyl halides is 3. The van der Waals surface area contributed by atoms with Gasteiger partial charge in [-0.2, -0.15) is 27.3 Å². The number of hydrogen-bond acceptors (Lipinski definition) is 5. The van der Waals surface area contributed by atoms with E-state index < -0.39 is 47.0 Å². The van der Waals surface area contributed by atoms with Crippen LogP contribution >= 0.6 is 0 Å². The van der Waals surface area contributed by atoms with E-state index in [1.54, 1.807) is 30.3 Å². The summed E-state index contributed by atoms with van der Waals surface area (Å²) in [6, 6.07) is 11.9. The van der Waals surface area contributed by atoms with Crippen LogP contribution in [0.15, 0.2) is 59.6 Å². The Morgan fingerprint density at radius 3 is 2.53 bits per heavy atom. The number of amides is 1. The van der Waals surface area contributed by atoms with E-state index in [4.69, 9.17) is 4.74 Å². The molecule has 4 rings (SSSR count). The van der Waals surface area contributed by atoms with Crippen molar-refractivity contribution in [3.8, 4) is 11.7 Å². The number of carbonyl (C=O) groups is 1. The number of nitrogens with zero attached hydrogens (tertiary/aromatic N) is 3. The molecule has 1 atom stereocenters. The lowest BCUT2D eigenvalue weighted by atomic mass is 10.1. The zero-order valence-electron chi connectivity index (χ0n) is 16.3. The number of ether oxygens (including phenoxy) is 1. The molecule has 2 aromatic heterocycles. The highest BCUT2D eigenvalue weighted by molar-refractivity contribution is 7.90. The molecule has 1 saturated carbocycles. The number of carbonyl (C=O) groups excluding carboxylic acids is 1. The molecular weight excluding hydrogens is 452 g/mol. The summed E-state index contributed by atoms with van der Waals surface area (Å²) in [4.78, 5) is 16.2. The van der Waals surface area contributed by atoms with Gasteiger partial charge in [-0.3, -0.25) is 4.79 Å². The van der Waals surface area contributed by atoms with Crippen LogP contribution in [0.3, 0.4) is 0 Å². The summed E-state index contributed by atoms with van der Waals surface area (Å²) in [5, 5.41) is 3.95. The van der Waals surface area contributed by atoms with Crippen molar-refractivity contribution in [3.63, 3.8) is 0 Å². The number of rotatable bonds is 7. The van der Waals surface area contributed by atoms with E-state index in [9.17, 15) is 26.9 Å². The monoisotopic (exact) mass is 468 g/mol. The standard InChI is InChI=1S/C20H16F4N4O3S/c21-17-14(18(29)27-32(30)13-4-2-1-3-5-13)6-7-15(25-17)28-11-8-16(26-28)31-12-19(9-10-19)20(22,23)24/h1-8,11H,9-10,12H2,(H,27,29)/t32-/m1/s1. The molecule has 0 unspecified atom stereocenters. The molecule has 1 N–H and O–H groups in total. The number of halogens is 4. The number of pyridine rings is 1. The van der Waals surface area contributed by atoms with Gasteiger partial charge in [0.25, 0.3) is 5.91 Å². The van der Waals surface area contributed by atoms with Gasteiger partial charge in [0.1, 0.15) is 23.4 Å². The quantitative estimate of drug-likeness (QED) is 0.325. The fourth-order valence-corrected chi connectivity index (χ4v) is 3.65. The maximum Gasteiger partial charge on any atom is 0.397 e. The van der Waals surface area contributed by atoms with Crippen molar-refractivity contribution in [3.05, 3.63) is 66.2 Å². The van der Waals surface area contributed by atoms with E-state index in [1.807, 2.05) is 0 Å². The predicted octanol–water partition coefficient (Wildman–Crippen LogP) is 3.58.